The van der Waals surface area contributed by atoms with Gasteiger partial charge in [-0.25, -0.2) is 9.48 Å². The molecule has 0 saturated heterocycles. The number of rotatable bonds is 7. The molecular weight excluding hydrogens is 240 g/mol. The fourth-order valence-electron chi connectivity index (χ4n) is 1.79. The van der Waals surface area contributed by atoms with Crippen molar-refractivity contribution < 1.29 is 19.8 Å². The molecule has 0 spiro atoms. The van der Waals surface area contributed by atoms with Crippen molar-refractivity contribution in [1.82, 2.24) is 19.9 Å². The summed E-state index contributed by atoms with van der Waals surface area (Å²) in [6.45, 7) is 0.129. The van der Waals surface area contributed by atoms with E-state index in [4.69, 9.17) is 5.11 Å². The molecule has 0 bridgehead atoms. The lowest BCUT2D eigenvalue weighted by Crippen LogP contribution is -2.35. The van der Waals surface area contributed by atoms with Crippen LogP contribution in [0.25, 0.3) is 0 Å². The molecule has 0 aliphatic heterocycles. The zero-order valence-electron chi connectivity index (χ0n) is 9.64. The van der Waals surface area contributed by atoms with E-state index in [1.807, 2.05) is 0 Å². The molecule has 1 amide bonds. The molecule has 1 aromatic rings. The predicted octanol–water partition coefficient (Wildman–Crippen LogP) is -0.983. The highest BCUT2D eigenvalue weighted by Crippen LogP contribution is 2.32. The van der Waals surface area contributed by atoms with Gasteiger partial charge in [0.15, 0.2) is 6.04 Å². The van der Waals surface area contributed by atoms with Gasteiger partial charge in [-0.2, -0.15) is 0 Å². The maximum Gasteiger partial charge on any atom is 0.332 e. The third kappa shape index (κ3) is 2.48. The number of aliphatic hydroxyl groups excluding tert-OH is 1. The number of carbonyl (C=O) groups excluding carboxylic acids is 1. The van der Waals surface area contributed by atoms with Crippen LogP contribution in [0.1, 0.15) is 24.6 Å². The smallest absolute Gasteiger partial charge is 0.332 e. The molecule has 0 radical (unpaired) electrons. The van der Waals surface area contributed by atoms with E-state index in [0.717, 1.165) is 12.8 Å². The van der Waals surface area contributed by atoms with E-state index < -0.39 is 12.0 Å². The summed E-state index contributed by atoms with van der Waals surface area (Å²) in [7, 11) is 0. The summed E-state index contributed by atoms with van der Waals surface area (Å²) in [5, 5.41) is 25.4. The quantitative estimate of drug-likeness (QED) is 0.605. The van der Waals surface area contributed by atoms with Crippen molar-refractivity contribution >= 4 is 12.4 Å². The third-order valence-electron chi connectivity index (χ3n) is 2.79. The van der Waals surface area contributed by atoms with Gasteiger partial charge in [-0.1, -0.05) is 5.21 Å². The van der Waals surface area contributed by atoms with Crippen molar-refractivity contribution in [2.45, 2.75) is 31.5 Å². The summed E-state index contributed by atoms with van der Waals surface area (Å²) in [4.78, 5) is 23.5. The normalized spacial score (nSPS) is 16.3. The minimum Gasteiger partial charge on any atom is -0.479 e. The third-order valence-corrected chi connectivity index (χ3v) is 2.79. The van der Waals surface area contributed by atoms with Crippen LogP contribution < -0.4 is 0 Å². The van der Waals surface area contributed by atoms with Gasteiger partial charge in [-0.15, -0.1) is 5.10 Å². The minimum atomic E-state index is -1.13. The standard InChI is InChI=1S/C10H14N4O4/c15-4-3-13-5-8(11-12-13)9(10(17)18)14(6-16)7-1-2-7/h5-7,9,15H,1-4H2,(H,17,18). The number of amides is 1. The molecule has 98 valence electrons. The highest BCUT2D eigenvalue weighted by Gasteiger charge is 2.38. The Morgan fingerprint density at radius 3 is 2.89 bits per heavy atom. The molecule has 1 aromatic heterocycles. The predicted molar refractivity (Wildman–Crippen MR) is 58.4 cm³/mol. The van der Waals surface area contributed by atoms with E-state index in [9.17, 15) is 14.7 Å². The number of nitrogens with zero attached hydrogens (tertiary/aromatic N) is 4. The Labute approximate surface area is 103 Å². The maximum atomic E-state index is 11.3. The largest absolute Gasteiger partial charge is 0.479 e. The average molecular weight is 254 g/mol. The summed E-state index contributed by atoms with van der Waals surface area (Å²) in [6, 6.07) is -1.13. The van der Waals surface area contributed by atoms with E-state index in [-0.39, 0.29) is 24.9 Å². The lowest BCUT2D eigenvalue weighted by molar-refractivity contribution is -0.147. The number of hydrogen-bond acceptors (Lipinski definition) is 5. The fraction of sp³-hybridized carbons (Fsp3) is 0.600. The Morgan fingerprint density at radius 2 is 2.39 bits per heavy atom. The first-order valence-electron chi connectivity index (χ1n) is 5.63. The number of carbonyl (C=O) groups is 2. The lowest BCUT2D eigenvalue weighted by atomic mass is 10.2. The van der Waals surface area contributed by atoms with Gasteiger partial charge in [0.25, 0.3) is 0 Å². The molecule has 1 aliphatic carbocycles. The Kier molecular flexibility index (Phi) is 3.56. The molecule has 18 heavy (non-hydrogen) atoms. The number of carboxylic acid groups (broad SMARTS) is 1. The number of aliphatic hydroxyl groups is 1. The number of carboxylic acids is 1. The molecule has 0 aromatic carbocycles. The van der Waals surface area contributed by atoms with Gasteiger partial charge >= 0.3 is 5.97 Å². The van der Waals surface area contributed by atoms with Crippen LogP contribution in [0, 0.1) is 0 Å². The highest BCUT2D eigenvalue weighted by molar-refractivity contribution is 5.77. The van der Waals surface area contributed by atoms with Gasteiger partial charge in [0.05, 0.1) is 19.3 Å². The van der Waals surface area contributed by atoms with Crippen LogP contribution >= 0.6 is 0 Å². The topological polar surface area (TPSA) is 109 Å². The fourth-order valence-corrected chi connectivity index (χ4v) is 1.79. The Bertz CT molecular complexity index is 443. The molecule has 2 N–H and O–H groups in total. The average Bonchev–Trinajstić information content (AvgIpc) is 3.07. The maximum absolute atomic E-state index is 11.3. The Morgan fingerprint density at radius 1 is 1.67 bits per heavy atom. The van der Waals surface area contributed by atoms with Gasteiger partial charge < -0.3 is 15.1 Å². The van der Waals surface area contributed by atoms with Gasteiger partial charge in [0, 0.05) is 6.04 Å². The van der Waals surface area contributed by atoms with Crippen molar-refractivity contribution in [2.75, 3.05) is 6.61 Å². The van der Waals surface area contributed by atoms with Crippen LogP contribution in [0.3, 0.4) is 0 Å². The Hall–Kier alpha value is -1.96. The van der Waals surface area contributed by atoms with Crippen LogP contribution in [-0.2, 0) is 16.1 Å². The molecule has 1 unspecified atom stereocenters. The molecular formula is C10H14N4O4. The van der Waals surface area contributed by atoms with Crippen molar-refractivity contribution in [3.05, 3.63) is 11.9 Å². The van der Waals surface area contributed by atoms with E-state index >= 15 is 0 Å². The number of hydrogen-bond donors (Lipinski definition) is 2. The molecule has 1 aliphatic rings. The van der Waals surface area contributed by atoms with Gasteiger partial charge in [-0.05, 0) is 12.8 Å². The highest BCUT2D eigenvalue weighted by atomic mass is 16.4. The summed E-state index contributed by atoms with van der Waals surface area (Å²) >= 11 is 0. The summed E-state index contributed by atoms with van der Waals surface area (Å²) in [6.07, 6.45) is 3.61. The second-order valence-electron chi connectivity index (χ2n) is 4.15. The van der Waals surface area contributed by atoms with Crippen molar-refractivity contribution in [3.63, 3.8) is 0 Å². The second-order valence-corrected chi connectivity index (χ2v) is 4.15. The number of aliphatic carboxylic acids is 1. The van der Waals surface area contributed by atoms with Crippen molar-refractivity contribution in [3.8, 4) is 0 Å². The van der Waals surface area contributed by atoms with Crippen LogP contribution in [0.15, 0.2) is 6.20 Å². The van der Waals surface area contributed by atoms with Crippen LogP contribution in [0.5, 0.6) is 0 Å². The summed E-state index contributed by atoms with van der Waals surface area (Å²) < 4.78 is 1.35. The van der Waals surface area contributed by atoms with E-state index in [0.29, 0.717) is 6.41 Å². The van der Waals surface area contributed by atoms with E-state index in [2.05, 4.69) is 10.3 Å². The first-order chi connectivity index (χ1) is 8.67. The van der Waals surface area contributed by atoms with Crippen LogP contribution in [0.4, 0.5) is 0 Å². The Balaban J connectivity index is 2.22. The molecule has 1 heterocycles. The zero-order valence-corrected chi connectivity index (χ0v) is 9.64. The van der Waals surface area contributed by atoms with Crippen LogP contribution in [0.2, 0.25) is 0 Å². The first kappa shape index (κ1) is 12.5. The van der Waals surface area contributed by atoms with E-state index in [1.165, 1.54) is 15.8 Å². The van der Waals surface area contributed by atoms with Gasteiger partial charge in [0.1, 0.15) is 5.69 Å². The molecule has 1 fully saturated rings. The monoisotopic (exact) mass is 254 g/mol. The zero-order chi connectivity index (χ0) is 13.1. The van der Waals surface area contributed by atoms with Gasteiger partial charge in [0.2, 0.25) is 6.41 Å². The van der Waals surface area contributed by atoms with Crippen molar-refractivity contribution in [2.24, 2.45) is 0 Å². The molecule has 8 heteroatoms. The molecule has 8 nitrogen and oxygen atoms in total. The van der Waals surface area contributed by atoms with Crippen LogP contribution in [-0.4, -0.2) is 55.1 Å². The number of aromatic nitrogens is 3. The lowest BCUT2D eigenvalue weighted by Gasteiger charge is -2.22. The van der Waals surface area contributed by atoms with Gasteiger partial charge in [-0.3, -0.25) is 4.79 Å². The van der Waals surface area contributed by atoms with E-state index in [1.54, 1.807) is 0 Å². The van der Waals surface area contributed by atoms with Crippen molar-refractivity contribution in [1.29, 1.82) is 0 Å². The second kappa shape index (κ2) is 5.13. The summed E-state index contributed by atoms with van der Waals surface area (Å²) in [5.41, 5.74) is 0.204. The minimum absolute atomic E-state index is 0.0217. The molecule has 2 rings (SSSR count). The summed E-state index contributed by atoms with van der Waals surface area (Å²) in [5.74, 6) is -1.13. The first-order valence-corrected chi connectivity index (χ1v) is 5.63. The SMILES string of the molecule is O=CN(C1CC1)C(C(=O)O)c1cn(CCO)nn1. The molecule has 1 atom stereocenters. The molecule has 1 saturated carbocycles.